The quantitative estimate of drug-likeness (QED) is 0.482. The largest absolute Gasteiger partial charge is 0.482 e. The predicted octanol–water partition coefficient (Wildman–Crippen LogP) is 3.47. The van der Waals surface area contributed by atoms with Gasteiger partial charge in [-0.15, -0.1) is 0 Å². The van der Waals surface area contributed by atoms with E-state index in [4.69, 9.17) is 9.26 Å². The van der Waals surface area contributed by atoms with E-state index in [1.165, 1.54) is 15.3 Å². The normalized spacial score (nSPS) is 13.9. The molecular formula is C24H28N4O5S. The van der Waals surface area contributed by atoms with E-state index in [0.717, 1.165) is 5.56 Å². The molecule has 0 spiro atoms. The zero-order valence-corrected chi connectivity index (χ0v) is 20.5. The fourth-order valence-corrected chi connectivity index (χ4v) is 5.71. The second-order valence-corrected chi connectivity index (χ2v) is 10.3. The minimum Gasteiger partial charge on any atom is -0.482 e. The molecule has 2 heterocycles. The first-order chi connectivity index (χ1) is 16.2. The maximum absolute atomic E-state index is 13.7. The molecule has 1 amide bonds. The number of amides is 1. The molecule has 4 rings (SSSR count). The van der Waals surface area contributed by atoms with E-state index < -0.39 is 10.0 Å². The number of benzene rings is 2. The van der Waals surface area contributed by atoms with E-state index in [1.807, 2.05) is 51.1 Å². The van der Waals surface area contributed by atoms with E-state index in [-0.39, 0.29) is 36.5 Å². The highest BCUT2D eigenvalue weighted by Gasteiger charge is 2.33. The van der Waals surface area contributed by atoms with Gasteiger partial charge in [-0.1, -0.05) is 42.4 Å². The molecule has 0 unspecified atom stereocenters. The van der Waals surface area contributed by atoms with Crippen molar-refractivity contribution in [3.8, 4) is 5.75 Å². The Morgan fingerprint density at radius 3 is 2.56 bits per heavy atom. The Bertz CT molecular complexity index is 1290. The minimum atomic E-state index is -3.84. The SMILES string of the molecule is CCc1nc(CN2C(=O)COc3cc(S(=O)(=O)N(Cc4ccccc4)C(C)C)c(C)cc32)no1. The van der Waals surface area contributed by atoms with Gasteiger partial charge in [0.05, 0.1) is 17.1 Å². The Labute approximate surface area is 199 Å². The smallest absolute Gasteiger partial charge is 0.265 e. The van der Waals surface area contributed by atoms with Crippen LogP contribution in [0.1, 0.15) is 43.6 Å². The van der Waals surface area contributed by atoms with Gasteiger partial charge >= 0.3 is 0 Å². The van der Waals surface area contributed by atoms with Gasteiger partial charge in [0.2, 0.25) is 15.9 Å². The Hall–Kier alpha value is -3.24. The summed E-state index contributed by atoms with van der Waals surface area (Å²) in [4.78, 5) is 18.5. The van der Waals surface area contributed by atoms with Crippen molar-refractivity contribution in [3.63, 3.8) is 0 Å². The van der Waals surface area contributed by atoms with Gasteiger partial charge in [-0.3, -0.25) is 9.69 Å². The van der Waals surface area contributed by atoms with Gasteiger partial charge in [0.25, 0.3) is 5.91 Å². The van der Waals surface area contributed by atoms with E-state index >= 15 is 0 Å². The maximum Gasteiger partial charge on any atom is 0.265 e. The molecule has 0 fully saturated rings. The fraction of sp³-hybridized carbons (Fsp3) is 0.375. The zero-order chi connectivity index (χ0) is 24.5. The first kappa shape index (κ1) is 23.9. The molecule has 0 saturated carbocycles. The number of hydrogen-bond donors (Lipinski definition) is 0. The first-order valence-electron chi connectivity index (χ1n) is 11.2. The molecular weight excluding hydrogens is 456 g/mol. The van der Waals surface area contributed by atoms with Gasteiger partial charge in [0.1, 0.15) is 5.75 Å². The molecule has 9 nitrogen and oxygen atoms in total. The van der Waals surface area contributed by atoms with Crippen LogP contribution in [0.4, 0.5) is 5.69 Å². The summed E-state index contributed by atoms with van der Waals surface area (Å²) in [5.41, 5.74) is 1.90. The third kappa shape index (κ3) is 4.69. The van der Waals surface area contributed by atoms with Gasteiger partial charge in [-0.2, -0.15) is 9.29 Å². The van der Waals surface area contributed by atoms with Crippen molar-refractivity contribution in [2.24, 2.45) is 0 Å². The average Bonchev–Trinajstić information content (AvgIpc) is 3.27. The number of aromatic nitrogens is 2. The van der Waals surface area contributed by atoms with E-state index in [9.17, 15) is 13.2 Å². The minimum absolute atomic E-state index is 0.107. The third-order valence-corrected chi connectivity index (χ3v) is 7.82. The first-order valence-corrected chi connectivity index (χ1v) is 12.6. The number of anilines is 1. The highest BCUT2D eigenvalue weighted by molar-refractivity contribution is 7.89. The summed E-state index contributed by atoms with van der Waals surface area (Å²) in [7, 11) is -3.84. The van der Waals surface area contributed by atoms with E-state index in [2.05, 4.69) is 10.1 Å². The summed E-state index contributed by atoms with van der Waals surface area (Å²) < 4.78 is 39.7. The van der Waals surface area contributed by atoms with Crippen molar-refractivity contribution in [3.05, 3.63) is 65.3 Å². The van der Waals surface area contributed by atoms with Crippen molar-refractivity contribution in [1.82, 2.24) is 14.4 Å². The maximum atomic E-state index is 13.7. The second-order valence-electron chi connectivity index (χ2n) is 8.44. The Morgan fingerprint density at radius 1 is 1.18 bits per heavy atom. The summed E-state index contributed by atoms with van der Waals surface area (Å²) in [5, 5.41) is 3.93. The monoisotopic (exact) mass is 484 g/mol. The Kier molecular flexibility index (Phi) is 6.72. The molecule has 0 radical (unpaired) electrons. The van der Waals surface area contributed by atoms with Crippen molar-refractivity contribution < 1.29 is 22.5 Å². The van der Waals surface area contributed by atoms with Crippen molar-refractivity contribution in [2.75, 3.05) is 11.5 Å². The van der Waals surface area contributed by atoms with Crippen molar-refractivity contribution in [1.29, 1.82) is 0 Å². The number of carbonyl (C=O) groups is 1. The molecule has 0 saturated heterocycles. The molecule has 0 bridgehead atoms. The topological polar surface area (TPSA) is 106 Å². The number of carbonyl (C=O) groups excluding carboxylic acids is 1. The molecule has 2 aromatic carbocycles. The van der Waals surface area contributed by atoms with Gasteiger partial charge in [-0.25, -0.2) is 8.42 Å². The van der Waals surface area contributed by atoms with Gasteiger partial charge in [0.15, 0.2) is 12.4 Å². The van der Waals surface area contributed by atoms with Crippen molar-refractivity contribution >= 4 is 21.6 Å². The van der Waals surface area contributed by atoms with E-state index in [0.29, 0.717) is 35.1 Å². The number of hydrogen-bond acceptors (Lipinski definition) is 7. The standard InChI is InChI=1S/C24H28N4O5S/c1-5-23-25-22(26-33-23)14-27-19-11-17(4)21(12-20(19)32-15-24(27)29)34(30,31)28(16(2)3)13-18-9-7-6-8-10-18/h6-12,16H,5,13-15H2,1-4H3. The summed E-state index contributed by atoms with van der Waals surface area (Å²) >= 11 is 0. The summed E-state index contributed by atoms with van der Waals surface area (Å²) in [6.07, 6.45) is 0.594. The number of sulfonamides is 1. The molecule has 1 aliphatic heterocycles. The lowest BCUT2D eigenvalue weighted by Gasteiger charge is -2.31. The molecule has 0 atom stereocenters. The van der Waals surface area contributed by atoms with Gasteiger partial charge < -0.3 is 9.26 Å². The number of ether oxygens (including phenoxy) is 1. The van der Waals surface area contributed by atoms with Crippen LogP contribution >= 0.6 is 0 Å². The van der Waals surface area contributed by atoms with Crippen LogP contribution in [0.5, 0.6) is 5.75 Å². The molecule has 3 aromatic rings. The fourth-order valence-electron chi connectivity index (χ4n) is 3.86. The second kappa shape index (κ2) is 9.55. The Balaban J connectivity index is 1.69. The molecule has 10 heteroatoms. The highest BCUT2D eigenvalue weighted by Crippen LogP contribution is 2.38. The van der Waals surface area contributed by atoms with Crippen LogP contribution < -0.4 is 9.64 Å². The Morgan fingerprint density at radius 2 is 1.91 bits per heavy atom. The third-order valence-electron chi connectivity index (χ3n) is 5.66. The summed E-state index contributed by atoms with van der Waals surface area (Å²) in [5.74, 6) is 0.923. The van der Waals surface area contributed by atoms with Crippen LogP contribution in [0.3, 0.4) is 0 Å². The number of fused-ring (bicyclic) bond motifs is 1. The van der Waals surface area contributed by atoms with Gasteiger partial charge in [-0.05, 0) is 38.0 Å². The van der Waals surface area contributed by atoms with Crippen LogP contribution in [-0.4, -0.2) is 41.4 Å². The average molecular weight is 485 g/mol. The summed E-state index contributed by atoms with van der Waals surface area (Å²) in [6.45, 7) is 7.47. The molecule has 1 aromatic heterocycles. The van der Waals surface area contributed by atoms with E-state index in [1.54, 1.807) is 13.0 Å². The molecule has 34 heavy (non-hydrogen) atoms. The highest BCUT2D eigenvalue weighted by atomic mass is 32.2. The lowest BCUT2D eigenvalue weighted by atomic mass is 10.1. The molecule has 180 valence electrons. The lowest BCUT2D eigenvalue weighted by molar-refractivity contribution is -0.121. The number of aryl methyl sites for hydroxylation is 2. The predicted molar refractivity (Wildman–Crippen MR) is 126 cm³/mol. The summed E-state index contributed by atoms with van der Waals surface area (Å²) in [6, 6.07) is 12.4. The van der Waals surface area contributed by atoms with Gasteiger partial charge in [0, 0.05) is 25.1 Å². The molecule has 0 N–H and O–H groups in total. The van der Waals surface area contributed by atoms with Crippen LogP contribution in [0.15, 0.2) is 51.9 Å². The number of nitrogens with zero attached hydrogens (tertiary/aromatic N) is 4. The molecule has 1 aliphatic rings. The van der Waals surface area contributed by atoms with Crippen LogP contribution in [0, 0.1) is 6.92 Å². The van der Waals surface area contributed by atoms with Crippen molar-refractivity contribution in [2.45, 2.75) is 58.1 Å². The lowest BCUT2D eigenvalue weighted by Crippen LogP contribution is -2.39. The zero-order valence-electron chi connectivity index (χ0n) is 19.7. The van der Waals surface area contributed by atoms with Crippen LogP contribution in [0.2, 0.25) is 0 Å². The van der Waals surface area contributed by atoms with Crippen LogP contribution in [0.25, 0.3) is 0 Å². The number of rotatable bonds is 8. The van der Waals surface area contributed by atoms with Crippen LogP contribution in [-0.2, 0) is 34.3 Å². The molecule has 0 aliphatic carbocycles.